The number of methoxy groups -OCH3 is 2. The van der Waals surface area contributed by atoms with Crippen LogP contribution in [0.3, 0.4) is 0 Å². The first-order valence-corrected chi connectivity index (χ1v) is 11.0. The van der Waals surface area contributed by atoms with Crippen molar-refractivity contribution in [1.29, 1.82) is 0 Å². The highest BCUT2D eigenvalue weighted by Crippen LogP contribution is 2.49. The van der Waals surface area contributed by atoms with Crippen LogP contribution in [0.5, 0.6) is 23.0 Å². The Morgan fingerprint density at radius 1 is 0.812 bits per heavy atom. The Labute approximate surface area is 190 Å². The second-order valence-electron chi connectivity index (χ2n) is 7.75. The number of ketones is 1. The molecule has 0 amide bonds. The number of carbonyl (C=O) groups is 1. The number of benzene rings is 2. The molecule has 1 aliphatic rings. The van der Waals surface area contributed by atoms with Gasteiger partial charge in [0.15, 0.2) is 11.5 Å². The number of hydrogen-bond donors (Lipinski definition) is 0. The van der Waals surface area contributed by atoms with E-state index in [2.05, 4.69) is 25.3 Å². The van der Waals surface area contributed by atoms with Crippen molar-refractivity contribution in [3.8, 4) is 34.1 Å². The molecule has 0 heterocycles. The Balaban J connectivity index is 2.26. The summed E-state index contributed by atoms with van der Waals surface area (Å²) < 4.78 is 23.6. The van der Waals surface area contributed by atoms with E-state index in [0.717, 1.165) is 47.3 Å². The van der Waals surface area contributed by atoms with E-state index in [0.29, 0.717) is 55.5 Å². The highest BCUT2D eigenvalue weighted by molar-refractivity contribution is 5.82. The number of rotatable bonds is 8. The van der Waals surface area contributed by atoms with Gasteiger partial charge in [-0.15, -0.1) is 0 Å². The van der Waals surface area contributed by atoms with E-state index in [1.165, 1.54) is 0 Å². The molecule has 0 N–H and O–H groups in total. The summed E-state index contributed by atoms with van der Waals surface area (Å²) >= 11 is 0. The molecule has 2 aromatic rings. The average molecular weight is 437 g/mol. The molecule has 0 spiro atoms. The Morgan fingerprint density at radius 2 is 1.53 bits per heavy atom. The third kappa shape index (κ3) is 5.34. The van der Waals surface area contributed by atoms with E-state index in [1.807, 2.05) is 12.1 Å². The third-order valence-corrected chi connectivity index (χ3v) is 5.56. The molecular formula is C27H32O5. The largest absolute Gasteiger partial charge is 0.492 e. The predicted molar refractivity (Wildman–Crippen MR) is 127 cm³/mol. The third-order valence-electron chi connectivity index (χ3n) is 5.56. The van der Waals surface area contributed by atoms with Gasteiger partial charge in [0.25, 0.3) is 0 Å². The van der Waals surface area contributed by atoms with Gasteiger partial charge < -0.3 is 18.9 Å². The molecular weight excluding hydrogens is 404 g/mol. The molecule has 0 aliphatic heterocycles. The van der Waals surface area contributed by atoms with Gasteiger partial charge in [-0.25, -0.2) is 0 Å². The normalized spacial score (nSPS) is 13.8. The van der Waals surface area contributed by atoms with Gasteiger partial charge >= 0.3 is 0 Å². The van der Waals surface area contributed by atoms with E-state index >= 15 is 0 Å². The standard InChI is InChI=1S/C27H32O5/c1-5-15-31-24-14-12-19-11-13-21(28)10-8-7-9-20-18-23(22(24)17-19)26(29-3)27(30-4)25(20)32-16-6-2/h5-6,12,14,17-18H,1-2,7-11,13,15-16H2,3-4H3. The number of Topliss-reactive ketones (excluding diaryl/α,β-unsaturated/α-hetero) is 1. The minimum atomic E-state index is 0.294. The van der Waals surface area contributed by atoms with Crippen LogP contribution in [-0.2, 0) is 17.6 Å². The van der Waals surface area contributed by atoms with E-state index in [4.69, 9.17) is 18.9 Å². The molecule has 5 heteroatoms. The topological polar surface area (TPSA) is 54.0 Å². The van der Waals surface area contributed by atoms with Crippen LogP contribution in [0, 0.1) is 0 Å². The lowest BCUT2D eigenvalue weighted by Gasteiger charge is -2.22. The lowest BCUT2D eigenvalue weighted by atomic mass is 9.95. The average Bonchev–Trinajstić information content (AvgIpc) is 2.82. The molecule has 0 unspecified atom stereocenters. The van der Waals surface area contributed by atoms with Crippen molar-refractivity contribution in [3.05, 3.63) is 60.7 Å². The van der Waals surface area contributed by atoms with E-state index < -0.39 is 0 Å². The summed E-state index contributed by atoms with van der Waals surface area (Å²) in [7, 11) is 3.24. The van der Waals surface area contributed by atoms with Crippen molar-refractivity contribution in [3.63, 3.8) is 0 Å². The molecule has 0 saturated carbocycles. The van der Waals surface area contributed by atoms with Crippen molar-refractivity contribution < 1.29 is 23.7 Å². The molecule has 170 valence electrons. The van der Waals surface area contributed by atoms with E-state index in [9.17, 15) is 4.79 Å². The highest BCUT2D eigenvalue weighted by atomic mass is 16.5. The van der Waals surface area contributed by atoms with Gasteiger partial charge in [0, 0.05) is 24.0 Å². The Bertz CT molecular complexity index is 976. The fourth-order valence-corrected chi connectivity index (χ4v) is 4.01. The smallest absolute Gasteiger partial charge is 0.204 e. The summed E-state index contributed by atoms with van der Waals surface area (Å²) in [4.78, 5) is 12.4. The van der Waals surface area contributed by atoms with Crippen LogP contribution >= 0.6 is 0 Å². The van der Waals surface area contributed by atoms with Crippen molar-refractivity contribution in [2.75, 3.05) is 27.4 Å². The minimum absolute atomic E-state index is 0.294. The Kier molecular flexibility index (Phi) is 8.37. The quantitative estimate of drug-likeness (QED) is 0.495. The molecule has 32 heavy (non-hydrogen) atoms. The zero-order chi connectivity index (χ0) is 22.9. The number of fused-ring (bicyclic) bond motifs is 5. The van der Waals surface area contributed by atoms with Crippen molar-refractivity contribution in [1.82, 2.24) is 0 Å². The number of ether oxygens (including phenoxy) is 4. The predicted octanol–water partition coefficient (Wildman–Crippen LogP) is 5.73. The maximum absolute atomic E-state index is 12.4. The van der Waals surface area contributed by atoms with Crippen LogP contribution in [0.25, 0.3) is 11.1 Å². The lowest BCUT2D eigenvalue weighted by molar-refractivity contribution is -0.119. The number of aryl methyl sites for hydroxylation is 2. The van der Waals surface area contributed by atoms with Crippen LogP contribution in [0.4, 0.5) is 0 Å². The molecule has 0 aromatic heterocycles. The van der Waals surface area contributed by atoms with Gasteiger partial charge in [-0.1, -0.05) is 31.4 Å². The maximum atomic E-state index is 12.4. The van der Waals surface area contributed by atoms with Crippen LogP contribution in [0.2, 0.25) is 0 Å². The van der Waals surface area contributed by atoms with Crippen LogP contribution in [-0.4, -0.2) is 33.2 Å². The number of hydrogen-bond acceptors (Lipinski definition) is 5. The van der Waals surface area contributed by atoms with Crippen molar-refractivity contribution in [2.45, 2.75) is 38.5 Å². The van der Waals surface area contributed by atoms with Gasteiger partial charge in [0.2, 0.25) is 5.75 Å². The zero-order valence-corrected chi connectivity index (χ0v) is 19.1. The first-order valence-electron chi connectivity index (χ1n) is 11.0. The Morgan fingerprint density at radius 3 is 2.25 bits per heavy atom. The van der Waals surface area contributed by atoms with Gasteiger partial charge in [-0.3, -0.25) is 4.79 Å². The summed E-state index contributed by atoms with van der Waals surface area (Å²) in [5, 5.41) is 0. The fraction of sp³-hybridized carbons (Fsp3) is 0.370. The summed E-state index contributed by atoms with van der Waals surface area (Å²) in [6.07, 6.45) is 7.73. The molecule has 0 fully saturated rings. The molecule has 1 aliphatic carbocycles. The van der Waals surface area contributed by atoms with Crippen LogP contribution in [0.15, 0.2) is 49.6 Å². The molecule has 0 saturated heterocycles. The molecule has 3 rings (SSSR count). The second kappa shape index (κ2) is 11.4. The number of carbonyl (C=O) groups excluding carboxylic acids is 1. The second-order valence-corrected chi connectivity index (χ2v) is 7.75. The molecule has 4 bridgehead atoms. The van der Waals surface area contributed by atoms with Gasteiger partial charge in [-0.05, 0) is 55.0 Å². The Hall–Kier alpha value is -3.21. The minimum Gasteiger partial charge on any atom is -0.492 e. The molecule has 0 atom stereocenters. The summed E-state index contributed by atoms with van der Waals surface area (Å²) in [5.74, 6) is 2.80. The molecule has 0 radical (unpaired) electrons. The summed E-state index contributed by atoms with van der Waals surface area (Å²) in [6, 6.07) is 8.14. The first kappa shape index (κ1) is 23.5. The zero-order valence-electron chi connectivity index (χ0n) is 19.1. The molecule has 5 nitrogen and oxygen atoms in total. The fourth-order valence-electron chi connectivity index (χ4n) is 4.01. The van der Waals surface area contributed by atoms with E-state index in [1.54, 1.807) is 26.4 Å². The highest BCUT2D eigenvalue weighted by Gasteiger charge is 2.24. The lowest BCUT2D eigenvalue weighted by Crippen LogP contribution is -2.05. The molecule has 2 aromatic carbocycles. The monoisotopic (exact) mass is 436 g/mol. The first-order chi connectivity index (χ1) is 15.6. The maximum Gasteiger partial charge on any atom is 0.204 e. The summed E-state index contributed by atoms with van der Waals surface area (Å²) in [5.41, 5.74) is 3.85. The van der Waals surface area contributed by atoms with Crippen LogP contribution in [0.1, 0.15) is 36.8 Å². The van der Waals surface area contributed by atoms with Crippen molar-refractivity contribution >= 4 is 5.78 Å². The van der Waals surface area contributed by atoms with Gasteiger partial charge in [0.1, 0.15) is 24.7 Å². The van der Waals surface area contributed by atoms with Gasteiger partial charge in [-0.2, -0.15) is 0 Å². The van der Waals surface area contributed by atoms with Gasteiger partial charge in [0.05, 0.1) is 14.2 Å². The van der Waals surface area contributed by atoms with Crippen LogP contribution < -0.4 is 18.9 Å². The SMILES string of the molecule is C=CCOc1ccc2cc1-c1cc(c(OCC=C)c(OC)c1OC)CCCCC(=O)CC2. The van der Waals surface area contributed by atoms with E-state index in [-0.39, 0.29) is 0 Å². The summed E-state index contributed by atoms with van der Waals surface area (Å²) in [6.45, 7) is 8.26. The van der Waals surface area contributed by atoms with Crippen molar-refractivity contribution in [2.24, 2.45) is 0 Å².